The molecule has 0 spiro atoms. The van der Waals surface area contributed by atoms with Crippen LogP contribution in [0.3, 0.4) is 0 Å². The van der Waals surface area contributed by atoms with Crippen LogP contribution in [0, 0.1) is 5.92 Å². The molecular formula is C22H38N2O. The summed E-state index contributed by atoms with van der Waals surface area (Å²) in [4.78, 5) is 2.64. The lowest BCUT2D eigenvalue weighted by Crippen LogP contribution is -2.47. The Morgan fingerprint density at radius 2 is 2.04 bits per heavy atom. The van der Waals surface area contributed by atoms with Gasteiger partial charge in [-0.15, -0.1) is 0 Å². The predicted octanol–water partition coefficient (Wildman–Crippen LogP) is 4.68. The average Bonchev–Trinajstić information content (AvgIpc) is 2.60. The third-order valence-corrected chi connectivity index (χ3v) is 6.21. The second-order valence-electron chi connectivity index (χ2n) is 8.05. The quantitative estimate of drug-likeness (QED) is 0.637. The second kappa shape index (κ2) is 9.59. The van der Waals surface area contributed by atoms with Gasteiger partial charge in [-0.2, -0.15) is 0 Å². The summed E-state index contributed by atoms with van der Waals surface area (Å²) in [5, 5.41) is 13.7. The molecule has 1 saturated heterocycles. The summed E-state index contributed by atoms with van der Waals surface area (Å²) in [5.74, 6) is 1.04. The Morgan fingerprint density at radius 1 is 1.24 bits per heavy atom. The maximum Gasteiger partial charge on any atom is 0.120 e. The van der Waals surface area contributed by atoms with Crippen LogP contribution in [0.25, 0.3) is 0 Å². The highest BCUT2D eigenvalue weighted by Crippen LogP contribution is 2.40. The van der Waals surface area contributed by atoms with E-state index < -0.39 is 0 Å². The number of rotatable bonds is 9. The second-order valence-corrected chi connectivity index (χ2v) is 8.05. The van der Waals surface area contributed by atoms with Gasteiger partial charge < -0.3 is 15.3 Å². The van der Waals surface area contributed by atoms with Crippen LogP contribution in [0.2, 0.25) is 0 Å². The van der Waals surface area contributed by atoms with Crippen LogP contribution in [0.15, 0.2) is 18.2 Å². The zero-order chi connectivity index (χ0) is 18.3. The Labute approximate surface area is 154 Å². The average molecular weight is 347 g/mol. The molecule has 25 heavy (non-hydrogen) atoms. The van der Waals surface area contributed by atoms with Crippen molar-refractivity contribution in [2.75, 3.05) is 26.2 Å². The molecule has 1 aliphatic heterocycles. The number of aromatic hydroxyl groups is 1. The minimum atomic E-state index is 0.161. The summed E-state index contributed by atoms with van der Waals surface area (Å²) in [6.45, 7) is 14.4. The normalized spacial score (nSPS) is 24.6. The maximum absolute atomic E-state index is 10.4. The molecule has 1 fully saturated rings. The van der Waals surface area contributed by atoms with Crippen LogP contribution in [-0.4, -0.2) is 36.2 Å². The van der Waals surface area contributed by atoms with Crippen molar-refractivity contribution in [2.24, 2.45) is 5.92 Å². The fraction of sp³-hybridized carbons (Fsp3) is 0.727. The molecule has 2 unspecified atom stereocenters. The molecule has 0 radical (unpaired) electrons. The van der Waals surface area contributed by atoms with Crippen molar-refractivity contribution in [2.45, 2.75) is 71.8 Å². The van der Waals surface area contributed by atoms with Crippen LogP contribution in [0.1, 0.15) is 70.9 Å². The van der Waals surface area contributed by atoms with Gasteiger partial charge in [-0.3, -0.25) is 0 Å². The number of unbranched alkanes of at least 4 members (excludes halogenated alkanes) is 3. The van der Waals surface area contributed by atoms with Gasteiger partial charge in [0, 0.05) is 18.7 Å². The Kier molecular flexibility index (Phi) is 7.77. The summed E-state index contributed by atoms with van der Waals surface area (Å²) in [6.07, 6.45) is 6.53. The monoisotopic (exact) mass is 346 g/mol. The fourth-order valence-corrected chi connectivity index (χ4v) is 4.04. The van der Waals surface area contributed by atoms with E-state index in [-0.39, 0.29) is 5.41 Å². The number of phenols is 1. The lowest BCUT2D eigenvalue weighted by molar-refractivity contribution is 0.109. The largest absolute Gasteiger partial charge is 0.508 e. The first-order chi connectivity index (χ1) is 12.0. The van der Waals surface area contributed by atoms with Crippen molar-refractivity contribution in [1.29, 1.82) is 0 Å². The third-order valence-electron chi connectivity index (χ3n) is 6.21. The zero-order valence-electron chi connectivity index (χ0n) is 16.8. The molecule has 0 saturated carbocycles. The molecule has 0 aliphatic carbocycles. The van der Waals surface area contributed by atoms with E-state index in [0.717, 1.165) is 18.7 Å². The van der Waals surface area contributed by atoms with Gasteiger partial charge in [-0.25, -0.2) is 0 Å². The molecule has 3 nitrogen and oxygen atoms in total. The summed E-state index contributed by atoms with van der Waals surface area (Å²) in [5.41, 5.74) is 2.45. The van der Waals surface area contributed by atoms with E-state index in [1.165, 1.54) is 57.3 Å². The van der Waals surface area contributed by atoms with Gasteiger partial charge in [0.1, 0.15) is 5.75 Å². The molecule has 0 bridgehead atoms. The highest BCUT2D eigenvalue weighted by Gasteiger charge is 2.38. The molecule has 2 atom stereocenters. The number of piperidine rings is 1. The summed E-state index contributed by atoms with van der Waals surface area (Å²) >= 11 is 0. The van der Waals surface area contributed by atoms with E-state index in [1.807, 2.05) is 6.07 Å². The van der Waals surface area contributed by atoms with Gasteiger partial charge in [0.15, 0.2) is 0 Å². The standard InChI is InChI=1S/C22H38N2O/c1-5-7-8-9-13-24-14-12-22(4,18(3)17-24)20-11-10-19(16-23-6-2)21(25)15-20/h10-11,15,18,23,25H,5-9,12-14,16-17H2,1-4H3. The van der Waals surface area contributed by atoms with Gasteiger partial charge in [0.05, 0.1) is 0 Å². The van der Waals surface area contributed by atoms with Crippen molar-refractivity contribution >= 4 is 0 Å². The number of nitrogens with one attached hydrogen (secondary N) is 1. The Hall–Kier alpha value is -1.06. The van der Waals surface area contributed by atoms with Crippen molar-refractivity contribution in [3.63, 3.8) is 0 Å². The molecule has 1 aliphatic rings. The van der Waals surface area contributed by atoms with Crippen molar-refractivity contribution in [3.8, 4) is 5.75 Å². The summed E-state index contributed by atoms with van der Waals surface area (Å²) in [6, 6.07) is 6.35. The minimum Gasteiger partial charge on any atom is -0.508 e. The molecule has 2 rings (SSSR count). The molecule has 2 N–H and O–H groups in total. The number of benzene rings is 1. The molecule has 142 valence electrons. The van der Waals surface area contributed by atoms with Crippen molar-refractivity contribution in [1.82, 2.24) is 10.2 Å². The van der Waals surface area contributed by atoms with E-state index in [2.05, 4.69) is 50.0 Å². The number of hydrogen-bond donors (Lipinski definition) is 2. The molecule has 1 heterocycles. The third kappa shape index (κ3) is 5.21. The first kappa shape index (κ1) is 20.3. The Balaban J connectivity index is 1.98. The van der Waals surface area contributed by atoms with Crippen molar-refractivity contribution in [3.05, 3.63) is 29.3 Å². The van der Waals surface area contributed by atoms with Gasteiger partial charge in [0.2, 0.25) is 0 Å². The van der Waals surface area contributed by atoms with Gasteiger partial charge >= 0.3 is 0 Å². The predicted molar refractivity (Wildman–Crippen MR) is 107 cm³/mol. The zero-order valence-corrected chi connectivity index (χ0v) is 16.8. The van der Waals surface area contributed by atoms with Gasteiger partial charge in [-0.05, 0) is 55.4 Å². The molecule has 0 amide bonds. The first-order valence-electron chi connectivity index (χ1n) is 10.3. The molecule has 0 aromatic heterocycles. The van der Waals surface area contributed by atoms with Crippen molar-refractivity contribution < 1.29 is 5.11 Å². The van der Waals surface area contributed by atoms with Gasteiger partial charge in [-0.1, -0.05) is 59.1 Å². The van der Waals surface area contributed by atoms with Crippen LogP contribution in [0.5, 0.6) is 5.75 Å². The van der Waals surface area contributed by atoms with E-state index >= 15 is 0 Å². The SMILES string of the molecule is CCCCCCN1CCC(C)(c2ccc(CNCC)c(O)c2)C(C)C1. The van der Waals surface area contributed by atoms with Crippen LogP contribution >= 0.6 is 0 Å². The number of nitrogens with zero attached hydrogens (tertiary/aromatic N) is 1. The number of likely N-dealkylation sites (tertiary alicyclic amines) is 1. The lowest BCUT2D eigenvalue weighted by Gasteiger charge is -2.45. The van der Waals surface area contributed by atoms with Crippen LogP contribution in [0.4, 0.5) is 0 Å². The summed E-state index contributed by atoms with van der Waals surface area (Å²) < 4.78 is 0. The van der Waals surface area contributed by atoms with E-state index in [4.69, 9.17) is 0 Å². The topological polar surface area (TPSA) is 35.5 Å². The molecular weight excluding hydrogens is 308 g/mol. The Bertz CT molecular complexity index is 531. The highest BCUT2D eigenvalue weighted by atomic mass is 16.3. The summed E-state index contributed by atoms with van der Waals surface area (Å²) in [7, 11) is 0. The van der Waals surface area contributed by atoms with E-state index in [9.17, 15) is 5.11 Å². The number of phenolic OH excluding ortho intramolecular Hbond substituents is 1. The highest BCUT2D eigenvalue weighted by molar-refractivity contribution is 5.40. The lowest BCUT2D eigenvalue weighted by atomic mass is 9.68. The smallest absolute Gasteiger partial charge is 0.120 e. The molecule has 1 aromatic rings. The van der Waals surface area contributed by atoms with Crippen LogP contribution < -0.4 is 5.32 Å². The van der Waals surface area contributed by atoms with Crippen LogP contribution in [-0.2, 0) is 12.0 Å². The fourth-order valence-electron chi connectivity index (χ4n) is 4.04. The van der Waals surface area contributed by atoms with E-state index in [0.29, 0.717) is 11.7 Å². The minimum absolute atomic E-state index is 0.161. The number of hydrogen-bond acceptors (Lipinski definition) is 3. The molecule has 1 aromatic carbocycles. The molecule has 3 heteroatoms. The Morgan fingerprint density at radius 3 is 2.68 bits per heavy atom. The van der Waals surface area contributed by atoms with E-state index in [1.54, 1.807) is 0 Å². The van der Waals surface area contributed by atoms with Gasteiger partial charge in [0.25, 0.3) is 0 Å². The maximum atomic E-state index is 10.4. The first-order valence-corrected chi connectivity index (χ1v) is 10.3.